The number of fused-ring (bicyclic) bond motifs is 1. The number of anilines is 1. The number of nitrogens with one attached hydrogen (secondary N) is 1. The summed E-state index contributed by atoms with van der Waals surface area (Å²) in [6, 6.07) is 2.12. The van der Waals surface area contributed by atoms with Crippen molar-refractivity contribution < 1.29 is 0 Å². The second kappa shape index (κ2) is 3.98. The highest BCUT2D eigenvalue weighted by Crippen LogP contribution is 2.28. The van der Waals surface area contributed by atoms with Crippen molar-refractivity contribution in [2.45, 2.75) is 13.8 Å². The summed E-state index contributed by atoms with van der Waals surface area (Å²) in [5.74, 6) is 1.71. The van der Waals surface area contributed by atoms with E-state index in [0.717, 1.165) is 28.4 Å². The monoisotopic (exact) mass is 219 g/mol. The predicted molar refractivity (Wildman–Crippen MR) is 65.6 cm³/mol. The molecule has 0 aromatic carbocycles. The van der Waals surface area contributed by atoms with Gasteiger partial charge in [0, 0.05) is 11.4 Å². The maximum Gasteiger partial charge on any atom is 0.138 e. The van der Waals surface area contributed by atoms with Crippen molar-refractivity contribution in [1.82, 2.24) is 9.97 Å². The largest absolute Gasteiger partial charge is 0.366 e. The lowest BCUT2D eigenvalue weighted by Crippen LogP contribution is -2.02. The molecule has 2 aromatic rings. The van der Waals surface area contributed by atoms with Crippen LogP contribution in [-0.2, 0) is 0 Å². The minimum absolute atomic E-state index is 0.723. The number of rotatable bonds is 3. The smallest absolute Gasteiger partial charge is 0.138 e. The van der Waals surface area contributed by atoms with Gasteiger partial charge in [-0.15, -0.1) is 17.9 Å². The van der Waals surface area contributed by atoms with Crippen LogP contribution in [0.4, 0.5) is 5.82 Å². The number of aryl methyl sites for hydroxylation is 2. The van der Waals surface area contributed by atoms with Crippen molar-refractivity contribution in [1.29, 1.82) is 0 Å². The highest BCUT2D eigenvalue weighted by Gasteiger charge is 2.07. The van der Waals surface area contributed by atoms with Crippen LogP contribution in [0.15, 0.2) is 18.7 Å². The minimum atomic E-state index is 0.723. The molecule has 0 saturated carbocycles. The molecule has 0 aliphatic carbocycles. The van der Waals surface area contributed by atoms with Crippen molar-refractivity contribution in [2.75, 3.05) is 11.9 Å². The van der Waals surface area contributed by atoms with E-state index in [0.29, 0.717) is 0 Å². The molecule has 2 rings (SSSR count). The van der Waals surface area contributed by atoms with E-state index in [1.807, 2.05) is 13.0 Å². The zero-order valence-electron chi connectivity index (χ0n) is 8.87. The maximum absolute atomic E-state index is 4.41. The van der Waals surface area contributed by atoms with Crippen molar-refractivity contribution >= 4 is 27.4 Å². The number of aromatic nitrogens is 2. The van der Waals surface area contributed by atoms with E-state index in [-0.39, 0.29) is 0 Å². The Morgan fingerprint density at radius 2 is 2.27 bits per heavy atom. The van der Waals surface area contributed by atoms with Gasteiger partial charge in [-0.25, -0.2) is 9.97 Å². The molecule has 4 heteroatoms. The Labute approximate surface area is 92.9 Å². The summed E-state index contributed by atoms with van der Waals surface area (Å²) < 4.78 is 0. The predicted octanol–water partition coefficient (Wildman–Crippen LogP) is 2.91. The average molecular weight is 219 g/mol. The van der Waals surface area contributed by atoms with Crippen LogP contribution in [0.25, 0.3) is 10.2 Å². The first kappa shape index (κ1) is 10.1. The van der Waals surface area contributed by atoms with Crippen LogP contribution in [0.5, 0.6) is 0 Å². The number of hydrogen-bond acceptors (Lipinski definition) is 4. The van der Waals surface area contributed by atoms with Crippen molar-refractivity contribution in [3.63, 3.8) is 0 Å². The summed E-state index contributed by atoms with van der Waals surface area (Å²) >= 11 is 1.70. The second-order valence-electron chi connectivity index (χ2n) is 3.36. The van der Waals surface area contributed by atoms with E-state index in [1.165, 1.54) is 4.88 Å². The van der Waals surface area contributed by atoms with E-state index in [2.05, 4.69) is 34.9 Å². The van der Waals surface area contributed by atoms with E-state index < -0.39 is 0 Å². The number of nitrogens with zero attached hydrogens (tertiary/aromatic N) is 2. The van der Waals surface area contributed by atoms with Gasteiger partial charge in [0.2, 0.25) is 0 Å². The van der Waals surface area contributed by atoms with Crippen molar-refractivity contribution in [3.05, 3.63) is 29.4 Å². The summed E-state index contributed by atoms with van der Waals surface area (Å²) in [6.45, 7) is 8.40. The van der Waals surface area contributed by atoms with Gasteiger partial charge in [0.1, 0.15) is 16.5 Å². The molecule has 1 N–H and O–H groups in total. The fourth-order valence-electron chi connectivity index (χ4n) is 1.45. The molecule has 3 nitrogen and oxygen atoms in total. The topological polar surface area (TPSA) is 37.8 Å². The van der Waals surface area contributed by atoms with Crippen LogP contribution in [0, 0.1) is 13.8 Å². The SMILES string of the molecule is C=CCNc1nc(C)nc2sc(C)cc12. The molecule has 78 valence electrons. The summed E-state index contributed by atoms with van der Waals surface area (Å²) in [5, 5.41) is 4.33. The molecule has 0 bridgehead atoms. The third kappa shape index (κ3) is 1.99. The Kier molecular flexibility index (Phi) is 2.68. The molecular formula is C11H13N3S. The normalized spacial score (nSPS) is 10.5. The zero-order valence-corrected chi connectivity index (χ0v) is 9.69. The average Bonchev–Trinajstić information content (AvgIpc) is 2.54. The van der Waals surface area contributed by atoms with E-state index in [4.69, 9.17) is 0 Å². The Balaban J connectivity index is 2.54. The Morgan fingerprint density at radius 3 is 3.00 bits per heavy atom. The first-order valence-electron chi connectivity index (χ1n) is 4.80. The third-order valence-corrected chi connectivity index (χ3v) is 2.99. The summed E-state index contributed by atoms with van der Waals surface area (Å²) in [7, 11) is 0. The summed E-state index contributed by atoms with van der Waals surface area (Å²) in [4.78, 5) is 11.1. The fraction of sp³-hybridized carbons (Fsp3) is 0.273. The molecule has 0 aliphatic heterocycles. The lowest BCUT2D eigenvalue weighted by Gasteiger charge is -2.04. The number of thiophene rings is 1. The van der Waals surface area contributed by atoms with E-state index in [9.17, 15) is 0 Å². The van der Waals surface area contributed by atoms with Gasteiger partial charge in [-0.2, -0.15) is 0 Å². The molecule has 0 spiro atoms. The van der Waals surface area contributed by atoms with Gasteiger partial charge in [0.15, 0.2) is 0 Å². The summed E-state index contributed by atoms with van der Waals surface area (Å²) in [6.07, 6.45) is 1.82. The highest BCUT2D eigenvalue weighted by atomic mass is 32.1. The molecule has 0 saturated heterocycles. The number of hydrogen-bond donors (Lipinski definition) is 1. The van der Waals surface area contributed by atoms with E-state index >= 15 is 0 Å². The molecule has 0 radical (unpaired) electrons. The highest BCUT2D eigenvalue weighted by molar-refractivity contribution is 7.18. The molecule has 0 aliphatic rings. The van der Waals surface area contributed by atoms with E-state index in [1.54, 1.807) is 11.3 Å². The molecule has 0 amide bonds. The lowest BCUT2D eigenvalue weighted by molar-refractivity contribution is 1.09. The molecule has 0 fully saturated rings. The van der Waals surface area contributed by atoms with Crippen LogP contribution in [0.1, 0.15) is 10.7 Å². The van der Waals surface area contributed by atoms with Gasteiger partial charge in [-0.05, 0) is 19.9 Å². The van der Waals surface area contributed by atoms with Gasteiger partial charge < -0.3 is 5.32 Å². The Bertz CT molecular complexity index is 502. The summed E-state index contributed by atoms with van der Waals surface area (Å²) in [5.41, 5.74) is 0. The molecular weight excluding hydrogens is 206 g/mol. The molecule has 2 aromatic heterocycles. The first-order chi connectivity index (χ1) is 7.20. The van der Waals surface area contributed by atoms with Gasteiger partial charge >= 0.3 is 0 Å². The second-order valence-corrected chi connectivity index (χ2v) is 4.60. The minimum Gasteiger partial charge on any atom is -0.366 e. The lowest BCUT2D eigenvalue weighted by atomic mass is 10.3. The van der Waals surface area contributed by atoms with Gasteiger partial charge in [0.25, 0.3) is 0 Å². The Hall–Kier alpha value is -1.42. The van der Waals surface area contributed by atoms with Crippen LogP contribution >= 0.6 is 11.3 Å². The van der Waals surface area contributed by atoms with Gasteiger partial charge in [-0.3, -0.25) is 0 Å². The molecule has 0 atom stereocenters. The standard InChI is InChI=1S/C11H13N3S/c1-4-5-12-10-9-6-7(2)15-11(9)14-8(3)13-10/h4,6H,1,5H2,2-3H3,(H,12,13,14). The quantitative estimate of drug-likeness (QED) is 0.807. The fourth-order valence-corrected chi connectivity index (χ4v) is 2.38. The Morgan fingerprint density at radius 1 is 1.47 bits per heavy atom. The third-order valence-electron chi connectivity index (χ3n) is 2.04. The maximum atomic E-state index is 4.41. The van der Waals surface area contributed by atoms with Crippen LogP contribution in [0.3, 0.4) is 0 Å². The molecule has 2 heterocycles. The van der Waals surface area contributed by atoms with Crippen LogP contribution in [-0.4, -0.2) is 16.5 Å². The van der Waals surface area contributed by atoms with Crippen molar-refractivity contribution in [2.24, 2.45) is 0 Å². The van der Waals surface area contributed by atoms with Crippen LogP contribution in [0.2, 0.25) is 0 Å². The van der Waals surface area contributed by atoms with Crippen molar-refractivity contribution in [3.8, 4) is 0 Å². The van der Waals surface area contributed by atoms with Gasteiger partial charge in [0.05, 0.1) is 5.39 Å². The first-order valence-corrected chi connectivity index (χ1v) is 5.62. The molecule has 15 heavy (non-hydrogen) atoms. The van der Waals surface area contributed by atoms with Crippen LogP contribution < -0.4 is 5.32 Å². The molecule has 0 unspecified atom stereocenters. The zero-order chi connectivity index (χ0) is 10.8. The van der Waals surface area contributed by atoms with Gasteiger partial charge in [-0.1, -0.05) is 6.08 Å².